The van der Waals surface area contributed by atoms with E-state index in [-0.39, 0.29) is 11.9 Å². The van der Waals surface area contributed by atoms with E-state index in [1.54, 1.807) is 31.5 Å². The summed E-state index contributed by atoms with van der Waals surface area (Å²) in [5, 5.41) is 3.35. The van der Waals surface area contributed by atoms with Gasteiger partial charge in [0.25, 0.3) is 0 Å². The first kappa shape index (κ1) is 15.2. The van der Waals surface area contributed by atoms with Crippen molar-refractivity contribution in [2.45, 2.75) is 19.9 Å². The minimum Gasteiger partial charge on any atom is -0.362 e. The van der Waals surface area contributed by atoms with Crippen molar-refractivity contribution in [3.05, 3.63) is 77.9 Å². The molecule has 0 saturated heterocycles. The van der Waals surface area contributed by atoms with Gasteiger partial charge in [-0.1, -0.05) is 30.3 Å². The van der Waals surface area contributed by atoms with Crippen LogP contribution in [0.2, 0.25) is 0 Å². The highest BCUT2D eigenvalue weighted by Crippen LogP contribution is 2.22. The molecule has 0 spiro atoms. The number of rotatable bonds is 4. The third kappa shape index (κ3) is 3.54. The fourth-order valence-corrected chi connectivity index (χ4v) is 2.43. The Morgan fingerprint density at radius 1 is 1.04 bits per heavy atom. The largest absolute Gasteiger partial charge is 0.362 e. The minimum atomic E-state index is -0.214. The normalized spacial score (nSPS) is 12.0. The molecule has 1 atom stereocenters. The highest BCUT2D eigenvalue weighted by atomic mass is 19.1. The van der Waals surface area contributed by atoms with Gasteiger partial charge in [0, 0.05) is 11.6 Å². The van der Waals surface area contributed by atoms with E-state index >= 15 is 0 Å². The number of nitrogens with one attached hydrogen (secondary N) is 1. The lowest BCUT2D eigenvalue weighted by atomic mass is 10.1. The molecule has 3 nitrogen and oxygen atoms in total. The van der Waals surface area contributed by atoms with Gasteiger partial charge >= 0.3 is 0 Å². The van der Waals surface area contributed by atoms with Gasteiger partial charge in [-0.3, -0.25) is 4.98 Å². The fourth-order valence-electron chi connectivity index (χ4n) is 2.43. The summed E-state index contributed by atoms with van der Waals surface area (Å²) in [5.74, 6) is 0.481. The lowest BCUT2D eigenvalue weighted by Gasteiger charge is -2.15. The molecule has 1 heterocycles. The molecule has 23 heavy (non-hydrogen) atoms. The molecule has 1 aromatic heterocycles. The molecule has 0 saturated carbocycles. The Labute approximate surface area is 135 Å². The number of benzene rings is 2. The Kier molecular flexibility index (Phi) is 4.33. The monoisotopic (exact) mass is 307 g/mol. The van der Waals surface area contributed by atoms with Crippen LogP contribution in [-0.2, 0) is 0 Å². The summed E-state index contributed by atoms with van der Waals surface area (Å²) in [4.78, 5) is 8.82. The molecule has 0 aliphatic heterocycles. The van der Waals surface area contributed by atoms with Gasteiger partial charge < -0.3 is 5.32 Å². The maximum absolute atomic E-state index is 13.4. The van der Waals surface area contributed by atoms with E-state index in [2.05, 4.69) is 34.3 Å². The Morgan fingerprint density at radius 3 is 2.57 bits per heavy atom. The van der Waals surface area contributed by atoms with Crippen molar-refractivity contribution in [3.63, 3.8) is 0 Å². The molecule has 0 radical (unpaired) electrons. The van der Waals surface area contributed by atoms with Crippen LogP contribution >= 0.6 is 0 Å². The van der Waals surface area contributed by atoms with E-state index in [0.717, 1.165) is 11.3 Å². The molecule has 3 rings (SSSR count). The highest BCUT2D eigenvalue weighted by molar-refractivity contribution is 5.61. The molecular formula is C19H18FN3. The fraction of sp³-hybridized carbons (Fsp3) is 0.158. The van der Waals surface area contributed by atoms with Crippen molar-refractivity contribution in [3.8, 4) is 11.3 Å². The minimum absolute atomic E-state index is 0.121. The Bertz CT molecular complexity index is 803. The van der Waals surface area contributed by atoms with Gasteiger partial charge in [0.15, 0.2) is 0 Å². The molecule has 0 amide bonds. The predicted octanol–water partition coefficient (Wildman–Crippen LogP) is 4.76. The van der Waals surface area contributed by atoms with E-state index < -0.39 is 0 Å². The predicted molar refractivity (Wildman–Crippen MR) is 90.6 cm³/mol. The van der Waals surface area contributed by atoms with Gasteiger partial charge in [-0.05, 0) is 43.2 Å². The summed E-state index contributed by atoms with van der Waals surface area (Å²) in [7, 11) is 0. The number of aromatic nitrogens is 2. The first-order valence-corrected chi connectivity index (χ1v) is 7.53. The number of aryl methyl sites for hydroxylation is 1. The van der Waals surface area contributed by atoms with Crippen LogP contribution in [0, 0.1) is 12.7 Å². The summed E-state index contributed by atoms with van der Waals surface area (Å²) in [6, 6.07) is 15.2. The Hall–Kier alpha value is -2.75. The summed E-state index contributed by atoms with van der Waals surface area (Å²) in [6.07, 6.45) is 3.38. The molecule has 0 aliphatic carbocycles. The van der Waals surface area contributed by atoms with Crippen LogP contribution in [0.15, 0.2) is 60.9 Å². The van der Waals surface area contributed by atoms with Crippen molar-refractivity contribution in [1.82, 2.24) is 9.97 Å². The lowest BCUT2D eigenvalue weighted by molar-refractivity contribution is 0.619. The number of anilines is 1. The molecule has 2 aromatic carbocycles. The molecule has 0 bridgehead atoms. The van der Waals surface area contributed by atoms with Crippen molar-refractivity contribution >= 4 is 5.82 Å². The van der Waals surface area contributed by atoms with Gasteiger partial charge in [-0.25, -0.2) is 9.37 Å². The smallest absolute Gasteiger partial charge is 0.145 e. The average Bonchev–Trinajstić information content (AvgIpc) is 2.58. The first-order chi connectivity index (χ1) is 11.1. The summed E-state index contributed by atoms with van der Waals surface area (Å²) >= 11 is 0. The van der Waals surface area contributed by atoms with Crippen LogP contribution in [0.5, 0.6) is 0 Å². The van der Waals surface area contributed by atoms with Gasteiger partial charge in [0.1, 0.15) is 11.6 Å². The van der Waals surface area contributed by atoms with E-state index in [4.69, 9.17) is 0 Å². The molecule has 4 heteroatoms. The summed E-state index contributed by atoms with van der Waals surface area (Å²) in [6.45, 7) is 3.82. The third-order valence-corrected chi connectivity index (χ3v) is 3.75. The van der Waals surface area contributed by atoms with Crippen molar-refractivity contribution in [2.24, 2.45) is 0 Å². The summed E-state index contributed by atoms with van der Waals surface area (Å²) in [5.41, 5.74) is 3.35. The summed E-state index contributed by atoms with van der Waals surface area (Å²) < 4.78 is 13.4. The topological polar surface area (TPSA) is 37.8 Å². The quantitative estimate of drug-likeness (QED) is 0.755. The average molecular weight is 307 g/mol. The number of halogens is 1. The molecule has 1 unspecified atom stereocenters. The zero-order chi connectivity index (χ0) is 16.2. The maximum Gasteiger partial charge on any atom is 0.145 e. The Morgan fingerprint density at radius 2 is 1.83 bits per heavy atom. The Balaban J connectivity index is 1.84. The van der Waals surface area contributed by atoms with Crippen LogP contribution in [0.1, 0.15) is 24.1 Å². The van der Waals surface area contributed by atoms with Crippen LogP contribution in [0.4, 0.5) is 10.2 Å². The first-order valence-electron chi connectivity index (χ1n) is 7.53. The maximum atomic E-state index is 13.4. The van der Waals surface area contributed by atoms with Crippen molar-refractivity contribution < 1.29 is 4.39 Å². The second kappa shape index (κ2) is 6.57. The zero-order valence-corrected chi connectivity index (χ0v) is 13.1. The van der Waals surface area contributed by atoms with Crippen LogP contribution < -0.4 is 5.32 Å². The number of hydrogen-bond acceptors (Lipinski definition) is 3. The van der Waals surface area contributed by atoms with E-state index in [1.807, 2.05) is 18.2 Å². The molecule has 3 aromatic rings. The SMILES string of the molecule is Cc1cc(-c2cncc(NC(C)c3ccccc3)n2)ccc1F. The van der Waals surface area contributed by atoms with Crippen molar-refractivity contribution in [1.29, 1.82) is 0 Å². The van der Waals surface area contributed by atoms with Gasteiger partial charge in [-0.15, -0.1) is 0 Å². The second-order valence-electron chi connectivity index (χ2n) is 5.53. The number of hydrogen-bond donors (Lipinski definition) is 1. The van der Waals surface area contributed by atoms with E-state index in [9.17, 15) is 4.39 Å². The standard InChI is InChI=1S/C19H18FN3/c1-13-10-16(8-9-17(13)20)18-11-21-12-19(23-18)22-14(2)15-6-4-3-5-7-15/h3-12,14H,1-2H3,(H,22,23). The van der Waals surface area contributed by atoms with E-state index in [0.29, 0.717) is 11.4 Å². The second-order valence-corrected chi connectivity index (χ2v) is 5.53. The van der Waals surface area contributed by atoms with Gasteiger partial charge in [0.05, 0.1) is 18.1 Å². The van der Waals surface area contributed by atoms with Crippen LogP contribution in [0.3, 0.4) is 0 Å². The van der Waals surface area contributed by atoms with Gasteiger partial charge in [-0.2, -0.15) is 0 Å². The van der Waals surface area contributed by atoms with Crippen LogP contribution in [-0.4, -0.2) is 9.97 Å². The zero-order valence-electron chi connectivity index (χ0n) is 13.1. The molecule has 116 valence electrons. The van der Waals surface area contributed by atoms with Gasteiger partial charge in [0.2, 0.25) is 0 Å². The van der Waals surface area contributed by atoms with Crippen molar-refractivity contribution in [2.75, 3.05) is 5.32 Å². The molecule has 0 fully saturated rings. The molecular weight excluding hydrogens is 289 g/mol. The number of nitrogens with zero attached hydrogens (tertiary/aromatic N) is 2. The molecule has 1 N–H and O–H groups in total. The lowest BCUT2D eigenvalue weighted by Crippen LogP contribution is -2.08. The van der Waals surface area contributed by atoms with Crippen LogP contribution in [0.25, 0.3) is 11.3 Å². The third-order valence-electron chi connectivity index (χ3n) is 3.75. The van der Waals surface area contributed by atoms with E-state index in [1.165, 1.54) is 11.6 Å². The highest BCUT2D eigenvalue weighted by Gasteiger charge is 2.08. The molecule has 0 aliphatic rings.